The van der Waals surface area contributed by atoms with Crippen LogP contribution < -0.4 is 0 Å². The Labute approximate surface area is 506 Å². The van der Waals surface area contributed by atoms with E-state index in [0.29, 0.717) is 19.3 Å². The van der Waals surface area contributed by atoms with Crippen LogP contribution >= 0.6 is 0 Å². The van der Waals surface area contributed by atoms with Crippen molar-refractivity contribution in [2.75, 3.05) is 13.2 Å². The first-order chi connectivity index (χ1) is 40.5. The molecule has 0 N–H and O–H groups in total. The first-order valence-electron chi connectivity index (χ1n) is 34.2. The van der Waals surface area contributed by atoms with E-state index in [1.54, 1.807) is 0 Å². The Morgan fingerprint density at radius 2 is 0.488 bits per heavy atom. The van der Waals surface area contributed by atoms with Gasteiger partial charge in [-0.3, -0.25) is 14.4 Å². The normalized spacial score (nSPS) is 13.0. The van der Waals surface area contributed by atoms with Crippen LogP contribution in [0, 0.1) is 0 Å². The highest BCUT2D eigenvalue weighted by Gasteiger charge is 2.19. The highest BCUT2D eigenvalue weighted by Crippen LogP contribution is 2.16. The number of rotatable bonds is 61. The fourth-order valence-electron chi connectivity index (χ4n) is 9.28. The average Bonchev–Trinajstić information content (AvgIpc) is 3.48. The predicted molar refractivity (Wildman–Crippen MR) is 357 cm³/mol. The van der Waals surface area contributed by atoms with Crippen molar-refractivity contribution in [1.29, 1.82) is 0 Å². The van der Waals surface area contributed by atoms with Gasteiger partial charge in [-0.05, 0) is 116 Å². The molecule has 0 aliphatic carbocycles. The lowest BCUT2D eigenvalue weighted by Crippen LogP contribution is -2.30. The molecule has 0 aliphatic heterocycles. The molecule has 0 aromatic carbocycles. The van der Waals surface area contributed by atoms with Crippen LogP contribution in [0.2, 0.25) is 0 Å². The molecule has 0 saturated carbocycles. The van der Waals surface area contributed by atoms with Crippen LogP contribution in [-0.2, 0) is 28.6 Å². The molecule has 0 radical (unpaired) electrons. The molecule has 1 atom stereocenters. The van der Waals surface area contributed by atoms with Crippen molar-refractivity contribution in [3.63, 3.8) is 0 Å². The molecular weight excluding hydrogens is 1010 g/mol. The van der Waals surface area contributed by atoms with E-state index in [2.05, 4.69) is 154 Å². The summed E-state index contributed by atoms with van der Waals surface area (Å²) in [4.78, 5) is 38.3. The first kappa shape index (κ1) is 77.5. The van der Waals surface area contributed by atoms with E-state index >= 15 is 0 Å². The van der Waals surface area contributed by atoms with Gasteiger partial charge >= 0.3 is 17.9 Å². The second kappa shape index (κ2) is 69.0. The van der Waals surface area contributed by atoms with Gasteiger partial charge in [-0.15, -0.1) is 0 Å². The van der Waals surface area contributed by atoms with E-state index in [9.17, 15) is 14.4 Å². The van der Waals surface area contributed by atoms with Gasteiger partial charge in [0.25, 0.3) is 0 Å². The maximum atomic E-state index is 12.9. The zero-order valence-corrected chi connectivity index (χ0v) is 53.5. The minimum absolute atomic E-state index is 0.0885. The van der Waals surface area contributed by atoms with Crippen molar-refractivity contribution >= 4 is 17.9 Å². The van der Waals surface area contributed by atoms with Gasteiger partial charge in [0.15, 0.2) is 6.10 Å². The molecule has 6 nitrogen and oxygen atoms in total. The quantitative estimate of drug-likeness (QED) is 0.0261. The highest BCUT2D eigenvalue weighted by atomic mass is 16.6. The Morgan fingerprint density at radius 1 is 0.256 bits per heavy atom. The van der Waals surface area contributed by atoms with Crippen molar-refractivity contribution < 1.29 is 28.6 Å². The fraction of sp³-hybridized carbons (Fsp3) is 0.671. The number of hydrogen-bond acceptors (Lipinski definition) is 6. The van der Waals surface area contributed by atoms with E-state index < -0.39 is 6.10 Å². The lowest BCUT2D eigenvalue weighted by atomic mass is 10.0. The summed E-state index contributed by atoms with van der Waals surface area (Å²) in [5.74, 6) is -0.904. The number of unbranched alkanes of at least 4 members (excludes halogenated alkanes) is 28. The topological polar surface area (TPSA) is 78.9 Å². The second-order valence-corrected chi connectivity index (χ2v) is 22.4. The number of allylic oxidation sites excluding steroid dienone is 22. The molecule has 0 bridgehead atoms. The smallest absolute Gasteiger partial charge is 0.306 e. The molecule has 0 fully saturated rings. The van der Waals surface area contributed by atoms with Crippen LogP contribution in [0.1, 0.15) is 310 Å². The van der Waals surface area contributed by atoms with Crippen LogP contribution in [0.25, 0.3) is 0 Å². The molecule has 0 saturated heterocycles. The van der Waals surface area contributed by atoms with E-state index in [1.807, 2.05) is 0 Å². The molecular formula is C76H126O6. The van der Waals surface area contributed by atoms with Crippen LogP contribution in [0.3, 0.4) is 0 Å². The maximum absolute atomic E-state index is 12.9. The zero-order chi connectivity index (χ0) is 59.2. The summed E-state index contributed by atoms with van der Waals surface area (Å²) in [5, 5.41) is 0. The summed E-state index contributed by atoms with van der Waals surface area (Å²) >= 11 is 0. The highest BCUT2D eigenvalue weighted by molar-refractivity contribution is 5.71. The van der Waals surface area contributed by atoms with Crippen molar-refractivity contribution in [1.82, 2.24) is 0 Å². The summed E-state index contributed by atoms with van der Waals surface area (Å²) in [6, 6.07) is 0. The van der Waals surface area contributed by atoms with Gasteiger partial charge in [-0.2, -0.15) is 0 Å². The summed E-state index contributed by atoms with van der Waals surface area (Å²) in [6.07, 6.45) is 97.5. The average molecular weight is 1140 g/mol. The van der Waals surface area contributed by atoms with E-state index in [0.717, 1.165) is 148 Å². The van der Waals surface area contributed by atoms with Gasteiger partial charge in [0.1, 0.15) is 13.2 Å². The lowest BCUT2D eigenvalue weighted by molar-refractivity contribution is -0.167. The van der Waals surface area contributed by atoms with Crippen molar-refractivity contribution in [2.24, 2.45) is 0 Å². The standard InChI is InChI=1S/C76H126O6/c1-4-7-10-13-16-19-22-25-28-29-30-31-32-33-34-35-36-37-38-39-40-41-42-43-44-45-46-47-49-51-54-57-60-63-66-69-75(78)81-72-73(71-80-74(77)68-65-62-59-56-53-50-27-24-21-18-15-12-9-6-3)82-76(79)70-67-64-61-58-55-52-48-26-23-20-17-14-11-8-5-2/h7,10,15-16,18-19,24-25,27-28,30-31,33-34,36-37,39-40,42-43,45-46,73H,4-6,8-9,11-14,17,20-23,26,29,32,35,38,41,44,47-72H2,1-3H3/b10-7-,18-15-,19-16-,27-24-,28-25-,31-30-,34-33-,37-36-,40-39-,43-42-,46-45-. The van der Waals surface area contributed by atoms with Crippen LogP contribution in [0.5, 0.6) is 0 Å². The maximum Gasteiger partial charge on any atom is 0.306 e. The molecule has 0 heterocycles. The third-order valence-electron chi connectivity index (χ3n) is 14.4. The predicted octanol–water partition coefficient (Wildman–Crippen LogP) is 23.7. The fourth-order valence-corrected chi connectivity index (χ4v) is 9.28. The monoisotopic (exact) mass is 1130 g/mol. The Morgan fingerprint density at radius 3 is 0.780 bits per heavy atom. The van der Waals surface area contributed by atoms with Gasteiger partial charge in [0.05, 0.1) is 0 Å². The Bertz CT molecular complexity index is 1730. The zero-order valence-electron chi connectivity index (χ0n) is 53.5. The Balaban J connectivity index is 4.28. The molecule has 0 rings (SSSR count). The van der Waals surface area contributed by atoms with E-state index in [-0.39, 0.29) is 31.1 Å². The number of esters is 3. The summed E-state index contributed by atoms with van der Waals surface area (Å²) < 4.78 is 16.9. The third-order valence-corrected chi connectivity index (χ3v) is 14.4. The van der Waals surface area contributed by atoms with Gasteiger partial charge in [-0.1, -0.05) is 309 Å². The molecule has 1 unspecified atom stereocenters. The molecule has 0 aromatic heterocycles. The summed E-state index contributed by atoms with van der Waals surface area (Å²) in [7, 11) is 0. The third kappa shape index (κ3) is 66.4. The lowest BCUT2D eigenvalue weighted by Gasteiger charge is -2.18. The van der Waals surface area contributed by atoms with Gasteiger partial charge in [0, 0.05) is 19.3 Å². The Hall–Kier alpha value is -4.45. The van der Waals surface area contributed by atoms with Crippen molar-refractivity contribution in [3.8, 4) is 0 Å². The van der Waals surface area contributed by atoms with Gasteiger partial charge in [0.2, 0.25) is 0 Å². The number of carbonyl (C=O) groups excluding carboxylic acids is 3. The SMILES string of the molecule is CC/C=C\C/C=C\C/C=C\C/C=C\C/C=C\C/C=C\C/C=C\C/C=C\C/C=C\CCCCCCCCCC(=O)OCC(COC(=O)CCCCCCC/C=C\C/C=C\CCCC)OC(=O)CCCCCCCCCCCCCCCCC. The minimum Gasteiger partial charge on any atom is -0.462 e. The number of hydrogen-bond donors (Lipinski definition) is 0. The van der Waals surface area contributed by atoms with Gasteiger partial charge < -0.3 is 14.2 Å². The number of ether oxygens (including phenoxy) is 3. The van der Waals surface area contributed by atoms with E-state index in [1.165, 1.54) is 122 Å². The molecule has 6 heteroatoms. The molecule has 0 spiro atoms. The van der Waals surface area contributed by atoms with Crippen LogP contribution in [-0.4, -0.2) is 37.2 Å². The largest absolute Gasteiger partial charge is 0.462 e. The second-order valence-electron chi connectivity index (χ2n) is 22.4. The Kier molecular flexibility index (Phi) is 65.3. The van der Waals surface area contributed by atoms with Crippen LogP contribution in [0.15, 0.2) is 134 Å². The van der Waals surface area contributed by atoms with Crippen LogP contribution in [0.4, 0.5) is 0 Å². The first-order valence-corrected chi connectivity index (χ1v) is 34.2. The minimum atomic E-state index is -0.791. The van der Waals surface area contributed by atoms with Gasteiger partial charge in [-0.25, -0.2) is 0 Å². The number of carbonyl (C=O) groups is 3. The van der Waals surface area contributed by atoms with Crippen molar-refractivity contribution in [3.05, 3.63) is 134 Å². The van der Waals surface area contributed by atoms with Crippen molar-refractivity contribution in [2.45, 2.75) is 316 Å². The summed E-state index contributed by atoms with van der Waals surface area (Å²) in [6.45, 7) is 6.48. The molecule has 82 heavy (non-hydrogen) atoms. The molecule has 0 amide bonds. The molecule has 0 aliphatic rings. The summed E-state index contributed by atoms with van der Waals surface area (Å²) in [5.41, 5.74) is 0. The molecule has 0 aromatic rings. The molecule has 466 valence electrons. The van der Waals surface area contributed by atoms with E-state index in [4.69, 9.17) is 14.2 Å².